The smallest absolute Gasteiger partial charge is 0.265 e. The molecule has 5 heteroatoms. The second-order valence-corrected chi connectivity index (χ2v) is 3.63. The third-order valence-corrected chi connectivity index (χ3v) is 2.98. The lowest BCUT2D eigenvalue weighted by atomic mass is 10.1. The Morgan fingerprint density at radius 1 is 1.43 bits per heavy atom. The summed E-state index contributed by atoms with van der Waals surface area (Å²) >= 11 is 1.08. The summed E-state index contributed by atoms with van der Waals surface area (Å²) in [7, 11) is 0. The minimum atomic E-state index is -2.45. The Balaban J connectivity index is 2.70. The minimum Gasteiger partial charge on any atom is -0.325 e. The van der Waals surface area contributed by atoms with E-state index in [-0.39, 0.29) is 12.1 Å². The van der Waals surface area contributed by atoms with Gasteiger partial charge in [0.2, 0.25) is 0 Å². The highest BCUT2D eigenvalue weighted by molar-refractivity contribution is 7.13. The van der Waals surface area contributed by atoms with Crippen molar-refractivity contribution in [3.05, 3.63) is 29.5 Å². The molecule has 0 unspecified atom stereocenters. The zero-order chi connectivity index (χ0) is 10.1. The normalized spacial score (nSPS) is 11.4. The van der Waals surface area contributed by atoms with Crippen LogP contribution in [0.15, 0.2) is 18.2 Å². The van der Waals surface area contributed by atoms with Crippen LogP contribution in [0.4, 0.5) is 8.78 Å². The Kier molecular flexibility index (Phi) is 2.43. The van der Waals surface area contributed by atoms with Crippen LogP contribution in [-0.2, 0) is 6.54 Å². The van der Waals surface area contributed by atoms with Crippen molar-refractivity contribution >= 4 is 21.6 Å². The number of rotatable bonds is 2. The first kappa shape index (κ1) is 9.48. The summed E-state index contributed by atoms with van der Waals surface area (Å²) < 4.78 is 29.7. The Labute approximate surface area is 83.5 Å². The summed E-state index contributed by atoms with van der Waals surface area (Å²) in [6.07, 6.45) is -2.45. The van der Waals surface area contributed by atoms with Gasteiger partial charge in [0.1, 0.15) is 0 Å². The molecule has 0 aliphatic carbocycles. The zero-order valence-corrected chi connectivity index (χ0v) is 8.02. The predicted molar refractivity (Wildman–Crippen MR) is 52.5 cm³/mol. The molecule has 2 N–H and O–H groups in total. The summed E-state index contributed by atoms with van der Waals surface area (Å²) in [5.74, 6) is 0. The molecule has 2 rings (SSSR count). The van der Waals surface area contributed by atoms with Gasteiger partial charge >= 0.3 is 0 Å². The van der Waals surface area contributed by atoms with Gasteiger partial charge in [0.15, 0.2) is 0 Å². The summed E-state index contributed by atoms with van der Waals surface area (Å²) in [5.41, 5.74) is 6.17. The number of halogens is 2. The first-order valence-electron chi connectivity index (χ1n) is 4.09. The average Bonchev–Trinajstić information content (AvgIpc) is 2.59. The molecule has 0 radical (unpaired) electrons. The van der Waals surface area contributed by atoms with E-state index in [2.05, 4.69) is 4.37 Å². The average molecular weight is 214 g/mol. The number of aromatic nitrogens is 1. The molecule has 1 aromatic heterocycles. The van der Waals surface area contributed by atoms with Crippen molar-refractivity contribution in [3.8, 4) is 0 Å². The standard InChI is InChI=1S/C9H8F2N2S/c10-9(11)6-3-1-2-5-7(4-12)13-14-8(5)6/h1-3,9H,4,12H2. The second kappa shape index (κ2) is 3.59. The summed E-state index contributed by atoms with van der Waals surface area (Å²) in [6.45, 7) is 0.284. The van der Waals surface area contributed by atoms with E-state index in [4.69, 9.17) is 5.73 Å². The van der Waals surface area contributed by atoms with Crippen molar-refractivity contribution in [1.29, 1.82) is 0 Å². The molecule has 0 spiro atoms. The molecule has 2 aromatic rings. The van der Waals surface area contributed by atoms with Gasteiger partial charge in [0.05, 0.1) is 10.4 Å². The number of benzene rings is 1. The Bertz CT molecular complexity index is 453. The Morgan fingerprint density at radius 2 is 2.21 bits per heavy atom. The number of fused-ring (bicyclic) bond motifs is 1. The molecule has 0 aliphatic rings. The zero-order valence-electron chi connectivity index (χ0n) is 7.21. The van der Waals surface area contributed by atoms with Gasteiger partial charge in [0.25, 0.3) is 6.43 Å². The summed E-state index contributed by atoms with van der Waals surface area (Å²) in [4.78, 5) is 0. The molecule has 2 nitrogen and oxygen atoms in total. The fraction of sp³-hybridized carbons (Fsp3) is 0.222. The van der Waals surface area contributed by atoms with E-state index in [0.29, 0.717) is 10.4 Å². The maximum atomic E-state index is 12.6. The molecule has 0 bridgehead atoms. The van der Waals surface area contributed by atoms with Crippen LogP contribution in [0.1, 0.15) is 17.7 Å². The third kappa shape index (κ3) is 1.38. The SMILES string of the molecule is NCc1nsc2c(C(F)F)cccc12. The second-order valence-electron chi connectivity index (χ2n) is 2.86. The Hall–Kier alpha value is -1.07. The van der Waals surface area contributed by atoms with Crippen LogP contribution >= 0.6 is 11.5 Å². The van der Waals surface area contributed by atoms with Crippen molar-refractivity contribution in [2.75, 3.05) is 0 Å². The highest BCUT2D eigenvalue weighted by atomic mass is 32.1. The summed E-state index contributed by atoms with van der Waals surface area (Å²) in [5, 5.41) is 0.746. The molecule has 1 heterocycles. The Morgan fingerprint density at radius 3 is 2.86 bits per heavy atom. The quantitative estimate of drug-likeness (QED) is 0.834. The van der Waals surface area contributed by atoms with Crippen LogP contribution in [-0.4, -0.2) is 4.37 Å². The molecule has 0 atom stereocenters. The lowest BCUT2D eigenvalue weighted by Crippen LogP contribution is -1.96. The molecule has 1 aromatic carbocycles. The van der Waals surface area contributed by atoms with Crippen molar-refractivity contribution in [2.45, 2.75) is 13.0 Å². The van der Waals surface area contributed by atoms with E-state index in [9.17, 15) is 8.78 Å². The van der Waals surface area contributed by atoms with Crippen LogP contribution in [0.25, 0.3) is 10.1 Å². The number of hydrogen-bond acceptors (Lipinski definition) is 3. The number of hydrogen-bond donors (Lipinski definition) is 1. The van der Waals surface area contributed by atoms with Gasteiger partial charge in [0, 0.05) is 17.5 Å². The molecule has 0 aliphatic heterocycles. The largest absolute Gasteiger partial charge is 0.325 e. The topological polar surface area (TPSA) is 38.9 Å². The van der Waals surface area contributed by atoms with Gasteiger partial charge in [-0.05, 0) is 11.5 Å². The van der Waals surface area contributed by atoms with Crippen LogP contribution in [0.3, 0.4) is 0 Å². The molecule has 0 amide bonds. The van der Waals surface area contributed by atoms with E-state index < -0.39 is 6.43 Å². The van der Waals surface area contributed by atoms with Crippen LogP contribution in [0, 0.1) is 0 Å². The number of nitrogens with zero attached hydrogens (tertiary/aromatic N) is 1. The van der Waals surface area contributed by atoms with Crippen molar-refractivity contribution in [2.24, 2.45) is 5.73 Å². The van der Waals surface area contributed by atoms with E-state index in [1.807, 2.05) is 0 Å². The van der Waals surface area contributed by atoms with Crippen molar-refractivity contribution in [1.82, 2.24) is 4.37 Å². The number of alkyl halides is 2. The molecule has 0 saturated carbocycles. The maximum Gasteiger partial charge on any atom is 0.265 e. The molecular formula is C9H8F2N2S. The minimum absolute atomic E-state index is 0.0414. The van der Waals surface area contributed by atoms with E-state index in [0.717, 1.165) is 16.9 Å². The molecule has 0 fully saturated rings. The van der Waals surface area contributed by atoms with Gasteiger partial charge < -0.3 is 5.73 Å². The lowest BCUT2D eigenvalue weighted by molar-refractivity contribution is 0.153. The molecule has 14 heavy (non-hydrogen) atoms. The summed E-state index contributed by atoms with van der Waals surface area (Å²) in [6, 6.07) is 4.80. The van der Waals surface area contributed by atoms with Gasteiger partial charge in [-0.25, -0.2) is 8.78 Å². The van der Waals surface area contributed by atoms with E-state index >= 15 is 0 Å². The predicted octanol–water partition coefficient (Wildman–Crippen LogP) is 2.69. The molecule has 74 valence electrons. The highest BCUT2D eigenvalue weighted by Gasteiger charge is 2.14. The van der Waals surface area contributed by atoms with Gasteiger partial charge in [-0.1, -0.05) is 18.2 Å². The lowest BCUT2D eigenvalue weighted by Gasteiger charge is -1.99. The fourth-order valence-electron chi connectivity index (χ4n) is 1.35. The van der Waals surface area contributed by atoms with Gasteiger partial charge in [-0.15, -0.1) is 0 Å². The van der Waals surface area contributed by atoms with E-state index in [1.165, 1.54) is 6.07 Å². The van der Waals surface area contributed by atoms with Gasteiger partial charge in [-0.3, -0.25) is 0 Å². The van der Waals surface area contributed by atoms with Crippen molar-refractivity contribution in [3.63, 3.8) is 0 Å². The first-order valence-corrected chi connectivity index (χ1v) is 4.86. The monoisotopic (exact) mass is 214 g/mol. The van der Waals surface area contributed by atoms with Crippen molar-refractivity contribution < 1.29 is 8.78 Å². The molecular weight excluding hydrogens is 206 g/mol. The third-order valence-electron chi connectivity index (χ3n) is 2.03. The first-order chi connectivity index (χ1) is 6.74. The number of nitrogens with two attached hydrogens (primary N) is 1. The maximum absolute atomic E-state index is 12.6. The van der Waals surface area contributed by atoms with Gasteiger partial charge in [-0.2, -0.15) is 4.37 Å². The highest BCUT2D eigenvalue weighted by Crippen LogP contribution is 2.31. The fourth-order valence-corrected chi connectivity index (χ4v) is 2.27. The molecule has 0 saturated heterocycles. The van der Waals surface area contributed by atoms with Crippen LogP contribution in [0.5, 0.6) is 0 Å². The van der Waals surface area contributed by atoms with E-state index in [1.54, 1.807) is 12.1 Å². The van der Waals surface area contributed by atoms with Crippen LogP contribution in [0.2, 0.25) is 0 Å². The van der Waals surface area contributed by atoms with Crippen LogP contribution < -0.4 is 5.73 Å².